The Morgan fingerprint density at radius 3 is 2.60 bits per heavy atom. The first-order chi connectivity index (χ1) is 20.3. The Morgan fingerprint density at radius 1 is 1.14 bits per heavy atom. The lowest BCUT2D eigenvalue weighted by atomic mass is 10.0. The fourth-order valence-corrected chi connectivity index (χ4v) is 4.97. The van der Waals surface area contributed by atoms with Gasteiger partial charge < -0.3 is 9.47 Å². The van der Waals surface area contributed by atoms with Gasteiger partial charge >= 0.3 is 0 Å². The molecule has 1 heterocycles. The van der Waals surface area contributed by atoms with Crippen LogP contribution in [-0.2, 0) is 24.3 Å². The highest BCUT2D eigenvalue weighted by Gasteiger charge is 2.24. The minimum absolute atomic E-state index is 0.0315. The van der Waals surface area contributed by atoms with Gasteiger partial charge in [-0.05, 0) is 46.5 Å². The molecule has 0 aliphatic heterocycles. The number of rotatable bonds is 13. The summed E-state index contributed by atoms with van der Waals surface area (Å²) in [5.74, 6) is 0.243. The summed E-state index contributed by atoms with van der Waals surface area (Å²) in [6.07, 6.45) is 6.04. The second-order valence-electron chi connectivity index (χ2n) is 10.5. The molecule has 1 N–H and O–H groups in total. The summed E-state index contributed by atoms with van der Waals surface area (Å²) >= 11 is 5.95. The fraction of sp³-hybridized carbons (Fsp3) is 0.281. The summed E-state index contributed by atoms with van der Waals surface area (Å²) in [6, 6.07) is 20.8. The molecule has 0 spiro atoms. The van der Waals surface area contributed by atoms with Crippen LogP contribution in [0.15, 0.2) is 91.9 Å². The molecule has 10 heteroatoms. The van der Waals surface area contributed by atoms with Gasteiger partial charge in [-0.15, -0.1) is 6.58 Å². The van der Waals surface area contributed by atoms with Gasteiger partial charge in [0.05, 0.1) is 17.7 Å². The van der Waals surface area contributed by atoms with Crippen LogP contribution in [0.4, 0.5) is 5.69 Å². The summed E-state index contributed by atoms with van der Waals surface area (Å²) in [6.45, 7) is 10.2. The second kappa shape index (κ2) is 14.5. The number of nitro benzene ring substituents is 1. The third-order valence-corrected chi connectivity index (χ3v) is 7.37. The number of aromatic nitrogens is 2. The van der Waals surface area contributed by atoms with E-state index >= 15 is 0 Å². The number of nitrogens with one attached hydrogen (secondary N) is 1. The maximum Gasteiger partial charge on any atom is 0.269 e. The Bertz CT molecular complexity index is 1540. The summed E-state index contributed by atoms with van der Waals surface area (Å²) in [7, 11) is 0. The molecule has 218 valence electrons. The highest BCUT2D eigenvalue weighted by atomic mass is 32.1. The second-order valence-corrected chi connectivity index (χ2v) is 10.9. The van der Waals surface area contributed by atoms with Crippen molar-refractivity contribution in [1.82, 2.24) is 24.9 Å². The quantitative estimate of drug-likeness (QED) is 0.0906. The van der Waals surface area contributed by atoms with Crippen LogP contribution in [0.3, 0.4) is 0 Å². The number of imidazole rings is 1. The standard InChI is InChI=1S/C32H36N6O3S/c1-4-18-35(22-27-10-7-9-26-8-5-6-11-30(26)27)32(42)37(34-17-16-24(2)3)31(39)19-29-20-33-23-36(29)21-25-12-14-28(15-13-25)38(40)41/h4-15,20,23-24,34H,1,16-19,21-22H2,2-3H3. The Hall–Kier alpha value is -4.41. The first-order valence-electron chi connectivity index (χ1n) is 13.9. The number of nitro groups is 1. The molecular weight excluding hydrogens is 548 g/mol. The number of thiocarbonyl (C=S) groups is 1. The van der Waals surface area contributed by atoms with Crippen LogP contribution in [0.1, 0.15) is 37.1 Å². The number of carbonyl (C=O) groups is 1. The zero-order valence-corrected chi connectivity index (χ0v) is 24.8. The number of hydrogen-bond acceptors (Lipinski definition) is 6. The van der Waals surface area contributed by atoms with Crippen LogP contribution in [-0.4, -0.2) is 48.5 Å². The molecule has 0 aliphatic rings. The van der Waals surface area contributed by atoms with E-state index in [1.807, 2.05) is 27.7 Å². The van der Waals surface area contributed by atoms with Crippen LogP contribution in [0, 0.1) is 16.0 Å². The third kappa shape index (κ3) is 7.86. The van der Waals surface area contributed by atoms with E-state index in [0.717, 1.165) is 28.3 Å². The first-order valence-corrected chi connectivity index (χ1v) is 14.3. The number of hydrazine groups is 1. The van der Waals surface area contributed by atoms with Crippen LogP contribution >= 0.6 is 12.2 Å². The van der Waals surface area contributed by atoms with Gasteiger partial charge in [-0.1, -0.05) is 74.5 Å². The average Bonchev–Trinajstić information content (AvgIpc) is 3.41. The van der Waals surface area contributed by atoms with Crippen molar-refractivity contribution in [2.45, 2.75) is 39.8 Å². The van der Waals surface area contributed by atoms with E-state index in [1.54, 1.807) is 30.7 Å². The highest BCUT2D eigenvalue weighted by Crippen LogP contribution is 2.21. The SMILES string of the molecule is C=CCN(Cc1cccc2ccccc12)C(=S)N(NCCC(C)C)C(=O)Cc1cncn1Cc1ccc([N+](=O)[O-])cc1. The topological polar surface area (TPSA) is 96.5 Å². The summed E-state index contributed by atoms with van der Waals surface area (Å²) in [4.78, 5) is 30.6. The highest BCUT2D eigenvalue weighted by molar-refractivity contribution is 7.80. The number of non-ortho nitro benzene ring substituents is 1. The van der Waals surface area contributed by atoms with Gasteiger partial charge in [0, 0.05) is 50.2 Å². The third-order valence-electron chi connectivity index (χ3n) is 6.92. The van der Waals surface area contributed by atoms with Crippen LogP contribution in [0.2, 0.25) is 0 Å². The molecule has 1 aromatic heterocycles. The molecule has 0 bridgehead atoms. The van der Waals surface area contributed by atoms with E-state index in [2.05, 4.69) is 55.1 Å². The van der Waals surface area contributed by atoms with Crippen molar-refractivity contribution in [3.8, 4) is 0 Å². The Balaban J connectivity index is 1.55. The van der Waals surface area contributed by atoms with Gasteiger partial charge in [0.15, 0.2) is 5.11 Å². The van der Waals surface area contributed by atoms with E-state index in [9.17, 15) is 14.9 Å². The lowest BCUT2D eigenvalue weighted by Crippen LogP contribution is -2.53. The molecule has 0 unspecified atom stereocenters. The van der Waals surface area contributed by atoms with Crippen molar-refractivity contribution in [2.75, 3.05) is 13.1 Å². The average molecular weight is 585 g/mol. The summed E-state index contributed by atoms with van der Waals surface area (Å²) < 4.78 is 1.87. The molecule has 9 nitrogen and oxygen atoms in total. The largest absolute Gasteiger partial charge is 0.340 e. The lowest BCUT2D eigenvalue weighted by Gasteiger charge is -2.32. The Kier molecular flexibility index (Phi) is 10.5. The molecule has 0 aliphatic carbocycles. The molecule has 1 amide bonds. The molecule has 4 aromatic rings. The minimum Gasteiger partial charge on any atom is -0.340 e. The van der Waals surface area contributed by atoms with Gasteiger partial charge in [0.25, 0.3) is 5.69 Å². The maximum atomic E-state index is 13.8. The van der Waals surface area contributed by atoms with Crippen LogP contribution in [0.25, 0.3) is 10.8 Å². The smallest absolute Gasteiger partial charge is 0.269 e. The van der Waals surface area contributed by atoms with E-state index < -0.39 is 4.92 Å². The molecule has 4 rings (SSSR count). The number of hydrogen-bond donors (Lipinski definition) is 1. The molecule has 0 saturated heterocycles. The Morgan fingerprint density at radius 2 is 1.88 bits per heavy atom. The summed E-state index contributed by atoms with van der Waals surface area (Å²) in [5.41, 5.74) is 5.99. The van der Waals surface area contributed by atoms with Crippen LogP contribution < -0.4 is 5.43 Å². The number of benzene rings is 3. The maximum absolute atomic E-state index is 13.8. The molecule has 0 fully saturated rings. The lowest BCUT2D eigenvalue weighted by molar-refractivity contribution is -0.384. The van der Waals surface area contributed by atoms with Gasteiger partial charge in [-0.25, -0.2) is 15.4 Å². The van der Waals surface area contributed by atoms with Crippen LogP contribution in [0.5, 0.6) is 0 Å². The first kappa shape index (κ1) is 30.5. The number of fused-ring (bicyclic) bond motifs is 1. The van der Waals surface area contributed by atoms with Gasteiger partial charge in [-0.3, -0.25) is 14.9 Å². The molecule has 3 aromatic carbocycles. The van der Waals surface area contributed by atoms with Crippen molar-refractivity contribution in [3.63, 3.8) is 0 Å². The predicted molar refractivity (Wildman–Crippen MR) is 170 cm³/mol. The van der Waals surface area contributed by atoms with Gasteiger partial charge in [-0.2, -0.15) is 0 Å². The predicted octanol–water partition coefficient (Wildman–Crippen LogP) is 5.89. The van der Waals surface area contributed by atoms with Crippen molar-refractivity contribution in [3.05, 3.63) is 119 Å². The van der Waals surface area contributed by atoms with Crippen molar-refractivity contribution < 1.29 is 9.72 Å². The number of nitrogens with zero attached hydrogens (tertiary/aromatic N) is 5. The van der Waals surface area contributed by atoms with Gasteiger partial charge in [0.1, 0.15) is 0 Å². The normalized spacial score (nSPS) is 11.0. The van der Waals surface area contributed by atoms with Crippen molar-refractivity contribution in [2.24, 2.45) is 5.92 Å². The monoisotopic (exact) mass is 584 g/mol. The number of amides is 1. The van der Waals surface area contributed by atoms with Crippen molar-refractivity contribution in [1.29, 1.82) is 0 Å². The van der Waals surface area contributed by atoms with E-state index in [0.29, 0.717) is 42.9 Å². The van der Waals surface area contributed by atoms with Crippen molar-refractivity contribution >= 4 is 39.7 Å². The zero-order valence-electron chi connectivity index (χ0n) is 24.0. The molecule has 0 radical (unpaired) electrons. The van der Waals surface area contributed by atoms with Gasteiger partial charge in [0.2, 0.25) is 5.91 Å². The van der Waals surface area contributed by atoms with E-state index in [-0.39, 0.29) is 18.0 Å². The number of carbonyl (C=O) groups excluding carboxylic acids is 1. The van der Waals surface area contributed by atoms with E-state index in [1.165, 1.54) is 17.1 Å². The van der Waals surface area contributed by atoms with E-state index in [4.69, 9.17) is 12.2 Å². The fourth-order valence-electron chi connectivity index (χ4n) is 4.66. The Labute approximate surface area is 251 Å². The minimum atomic E-state index is -0.426. The summed E-state index contributed by atoms with van der Waals surface area (Å²) in [5, 5.41) is 15.1. The molecule has 0 atom stereocenters. The molecular formula is C32H36N6O3S. The molecule has 0 saturated carbocycles. The molecule has 42 heavy (non-hydrogen) atoms. The zero-order chi connectivity index (χ0) is 30.1.